The Balaban J connectivity index is 2.12. The van der Waals surface area contributed by atoms with Gasteiger partial charge in [0.05, 0.1) is 23.2 Å². The van der Waals surface area contributed by atoms with Gasteiger partial charge in [0.15, 0.2) is 0 Å². The number of hydrogen-bond acceptors (Lipinski definition) is 2. The first kappa shape index (κ1) is 12.5. The number of imidazole rings is 1. The van der Waals surface area contributed by atoms with E-state index in [1.54, 1.807) is 4.57 Å². The first-order valence-electron chi connectivity index (χ1n) is 7.05. The van der Waals surface area contributed by atoms with Gasteiger partial charge in [0, 0.05) is 6.54 Å². The van der Waals surface area contributed by atoms with Crippen LogP contribution in [-0.2, 0) is 13.1 Å². The Morgan fingerprint density at radius 2 is 1.84 bits per heavy atom. The summed E-state index contributed by atoms with van der Waals surface area (Å²) in [7, 11) is 0. The van der Waals surface area contributed by atoms with E-state index in [1.807, 2.05) is 28.8 Å². The van der Waals surface area contributed by atoms with Crippen molar-refractivity contribution in [1.29, 1.82) is 0 Å². The molecule has 0 aliphatic heterocycles. The Morgan fingerprint density at radius 3 is 2.37 bits per heavy atom. The monoisotopic (exact) mass is 260 g/mol. The number of aliphatic hydroxyl groups is 1. The smallest absolute Gasteiger partial charge is 0.329 e. The van der Waals surface area contributed by atoms with Gasteiger partial charge in [-0.3, -0.25) is 9.13 Å². The maximum absolute atomic E-state index is 12.5. The van der Waals surface area contributed by atoms with E-state index in [0.29, 0.717) is 6.54 Å². The van der Waals surface area contributed by atoms with Gasteiger partial charge in [0.2, 0.25) is 0 Å². The Bertz CT molecular complexity index is 650. The van der Waals surface area contributed by atoms with E-state index in [-0.39, 0.29) is 5.69 Å². The molecule has 1 fully saturated rings. The molecule has 0 saturated heterocycles. The number of hydrogen-bond donors (Lipinski definition) is 1. The highest BCUT2D eigenvalue weighted by Crippen LogP contribution is 2.33. The highest BCUT2D eigenvalue weighted by atomic mass is 16.3. The largest absolute Gasteiger partial charge is 0.388 e. The molecular formula is C15H20N2O2. The predicted octanol–water partition coefficient (Wildman–Crippen LogP) is 2.13. The zero-order valence-corrected chi connectivity index (χ0v) is 11.3. The summed E-state index contributed by atoms with van der Waals surface area (Å²) in [4.78, 5) is 12.5. The summed E-state index contributed by atoms with van der Waals surface area (Å²) in [6.45, 7) is 3.21. The van der Waals surface area contributed by atoms with Crippen LogP contribution in [0.15, 0.2) is 29.1 Å². The molecule has 0 radical (unpaired) electrons. The molecule has 102 valence electrons. The molecule has 0 unspecified atom stereocenters. The van der Waals surface area contributed by atoms with Crippen LogP contribution in [0.25, 0.3) is 11.0 Å². The third-order valence-corrected chi connectivity index (χ3v) is 4.11. The normalized spacial score (nSPS) is 17.6. The number of aromatic nitrogens is 2. The number of fused-ring (bicyclic) bond motifs is 1. The molecule has 1 heterocycles. The van der Waals surface area contributed by atoms with Gasteiger partial charge in [-0.1, -0.05) is 19.1 Å². The third kappa shape index (κ3) is 2.00. The Labute approximate surface area is 112 Å². The number of aryl methyl sites for hydroxylation is 1. The van der Waals surface area contributed by atoms with Gasteiger partial charge >= 0.3 is 5.69 Å². The fourth-order valence-corrected chi connectivity index (χ4v) is 2.90. The van der Waals surface area contributed by atoms with E-state index in [4.69, 9.17) is 0 Å². The lowest BCUT2D eigenvalue weighted by Gasteiger charge is -2.36. The van der Waals surface area contributed by atoms with Crippen molar-refractivity contribution in [2.75, 3.05) is 0 Å². The average Bonchev–Trinajstić information content (AvgIpc) is 2.63. The molecule has 1 N–H and O–H groups in total. The van der Waals surface area contributed by atoms with Crippen molar-refractivity contribution in [3.63, 3.8) is 0 Å². The first-order chi connectivity index (χ1) is 9.14. The summed E-state index contributed by atoms with van der Waals surface area (Å²) in [6, 6.07) is 7.84. The van der Waals surface area contributed by atoms with Crippen molar-refractivity contribution < 1.29 is 5.11 Å². The summed E-state index contributed by atoms with van der Waals surface area (Å²) in [6.07, 6.45) is 3.58. The number of rotatable bonds is 4. The first-order valence-corrected chi connectivity index (χ1v) is 7.05. The van der Waals surface area contributed by atoms with Gasteiger partial charge < -0.3 is 5.11 Å². The minimum Gasteiger partial charge on any atom is -0.388 e. The molecule has 0 spiro atoms. The fourth-order valence-electron chi connectivity index (χ4n) is 2.90. The van der Waals surface area contributed by atoms with Crippen LogP contribution < -0.4 is 5.69 Å². The second-order valence-corrected chi connectivity index (χ2v) is 5.59. The summed E-state index contributed by atoms with van der Waals surface area (Å²) in [5, 5.41) is 10.3. The third-order valence-electron chi connectivity index (χ3n) is 4.11. The van der Waals surface area contributed by atoms with Crippen LogP contribution in [-0.4, -0.2) is 19.8 Å². The molecule has 1 aromatic carbocycles. The maximum Gasteiger partial charge on any atom is 0.329 e. The molecule has 19 heavy (non-hydrogen) atoms. The second kappa shape index (κ2) is 4.53. The van der Waals surface area contributed by atoms with E-state index in [1.165, 1.54) is 0 Å². The van der Waals surface area contributed by atoms with Crippen LogP contribution >= 0.6 is 0 Å². The second-order valence-electron chi connectivity index (χ2n) is 5.59. The minimum absolute atomic E-state index is 0.00313. The van der Waals surface area contributed by atoms with E-state index >= 15 is 0 Å². The van der Waals surface area contributed by atoms with E-state index < -0.39 is 5.60 Å². The van der Waals surface area contributed by atoms with Crippen LogP contribution in [0.1, 0.15) is 32.6 Å². The van der Waals surface area contributed by atoms with E-state index in [2.05, 4.69) is 6.92 Å². The zero-order chi connectivity index (χ0) is 13.5. The van der Waals surface area contributed by atoms with Crippen molar-refractivity contribution >= 4 is 11.0 Å². The molecular weight excluding hydrogens is 240 g/mol. The summed E-state index contributed by atoms with van der Waals surface area (Å²) >= 11 is 0. The number of nitrogens with zero attached hydrogens (tertiary/aromatic N) is 2. The van der Waals surface area contributed by atoms with Crippen molar-refractivity contribution in [3.8, 4) is 0 Å². The molecule has 2 aromatic rings. The molecule has 4 heteroatoms. The highest BCUT2D eigenvalue weighted by molar-refractivity contribution is 5.76. The predicted molar refractivity (Wildman–Crippen MR) is 75.3 cm³/mol. The Morgan fingerprint density at radius 1 is 1.21 bits per heavy atom. The quantitative estimate of drug-likeness (QED) is 0.915. The molecule has 0 bridgehead atoms. The SMILES string of the molecule is CCCn1c(=O)n(CC2(O)CCC2)c2ccccc21. The lowest BCUT2D eigenvalue weighted by Crippen LogP contribution is -2.43. The molecule has 3 rings (SSSR count). The van der Waals surface area contributed by atoms with Crippen LogP contribution in [0.2, 0.25) is 0 Å². The van der Waals surface area contributed by atoms with Gasteiger partial charge in [0.1, 0.15) is 0 Å². The molecule has 1 saturated carbocycles. The van der Waals surface area contributed by atoms with E-state index in [0.717, 1.165) is 43.3 Å². The van der Waals surface area contributed by atoms with Crippen molar-refractivity contribution in [3.05, 3.63) is 34.7 Å². The van der Waals surface area contributed by atoms with Crippen molar-refractivity contribution in [1.82, 2.24) is 9.13 Å². The van der Waals surface area contributed by atoms with Crippen LogP contribution in [0, 0.1) is 0 Å². The topological polar surface area (TPSA) is 47.2 Å². The maximum atomic E-state index is 12.5. The van der Waals surface area contributed by atoms with Gasteiger partial charge in [-0.25, -0.2) is 4.79 Å². The van der Waals surface area contributed by atoms with Gasteiger partial charge in [-0.05, 0) is 37.8 Å². The lowest BCUT2D eigenvalue weighted by molar-refractivity contribution is -0.0472. The van der Waals surface area contributed by atoms with Crippen LogP contribution in [0.3, 0.4) is 0 Å². The van der Waals surface area contributed by atoms with Gasteiger partial charge in [-0.2, -0.15) is 0 Å². The van der Waals surface area contributed by atoms with Crippen molar-refractivity contribution in [2.45, 2.75) is 51.3 Å². The number of benzene rings is 1. The Hall–Kier alpha value is -1.55. The van der Waals surface area contributed by atoms with E-state index in [9.17, 15) is 9.90 Å². The average molecular weight is 260 g/mol. The molecule has 1 aliphatic rings. The number of para-hydroxylation sites is 2. The van der Waals surface area contributed by atoms with Crippen LogP contribution in [0.5, 0.6) is 0 Å². The lowest BCUT2D eigenvalue weighted by atomic mass is 9.80. The standard InChI is InChI=1S/C15H20N2O2/c1-2-10-16-12-6-3-4-7-13(12)17(14(16)18)11-15(19)8-5-9-15/h3-4,6-7,19H,2,5,8-11H2,1H3. The molecule has 4 nitrogen and oxygen atoms in total. The fraction of sp³-hybridized carbons (Fsp3) is 0.533. The molecule has 0 atom stereocenters. The molecule has 1 aromatic heterocycles. The van der Waals surface area contributed by atoms with Gasteiger partial charge in [-0.15, -0.1) is 0 Å². The molecule has 0 amide bonds. The summed E-state index contributed by atoms with van der Waals surface area (Å²) in [5.74, 6) is 0. The minimum atomic E-state index is -0.676. The summed E-state index contributed by atoms with van der Waals surface area (Å²) < 4.78 is 3.56. The van der Waals surface area contributed by atoms with Crippen molar-refractivity contribution in [2.24, 2.45) is 0 Å². The van der Waals surface area contributed by atoms with Gasteiger partial charge in [0.25, 0.3) is 0 Å². The highest BCUT2D eigenvalue weighted by Gasteiger charge is 2.35. The van der Waals surface area contributed by atoms with Crippen LogP contribution in [0.4, 0.5) is 0 Å². The summed E-state index contributed by atoms with van der Waals surface area (Å²) in [5.41, 5.74) is 1.23. The Kier molecular flexibility index (Phi) is 2.97. The molecule has 1 aliphatic carbocycles. The zero-order valence-electron chi connectivity index (χ0n) is 11.3.